The largest absolute Gasteiger partial charge is 0.481 e. The van der Waals surface area contributed by atoms with Crippen LogP contribution in [0.5, 0.6) is 0 Å². The number of carboxylic acid groups (broad SMARTS) is 1. The van der Waals surface area contributed by atoms with Crippen LogP contribution in [0.4, 0.5) is 5.69 Å². The normalized spacial score (nSPS) is 22.6. The molecule has 0 heterocycles. The zero-order valence-electron chi connectivity index (χ0n) is 11.8. The fourth-order valence-corrected chi connectivity index (χ4v) is 2.49. The first-order valence-corrected chi connectivity index (χ1v) is 6.95. The average molecular weight is 289 g/mol. The Bertz CT molecular complexity index is 565. The number of hydrogen-bond acceptors (Lipinski definition) is 3. The van der Waals surface area contributed by atoms with Gasteiger partial charge in [0.15, 0.2) is 0 Å². The molecule has 0 aliphatic heterocycles. The molecule has 3 N–H and O–H groups in total. The molecule has 1 aromatic rings. The van der Waals surface area contributed by atoms with E-state index in [1.165, 1.54) is 0 Å². The van der Waals surface area contributed by atoms with Gasteiger partial charge in [-0.2, -0.15) is 0 Å². The van der Waals surface area contributed by atoms with Crippen molar-refractivity contribution in [1.82, 2.24) is 0 Å². The van der Waals surface area contributed by atoms with Gasteiger partial charge in [-0.3, -0.25) is 9.59 Å². The molecule has 3 unspecified atom stereocenters. The van der Waals surface area contributed by atoms with Crippen molar-refractivity contribution in [3.63, 3.8) is 0 Å². The highest BCUT2D eigenvalue weighted by Crippen LogP contribution is 2.27. The molecule has 3 atom stereocenters. The van der Waals surface area contributed by atoms with E-state index >= 15 is 0 Å². The van der Waals surface area contributed by atoms with Crippen LogP contribution < -0.4 is 5.32 Å². The van der Waals surface area contributed by atoms with Crippen molar-refractivity contribution in [2.75, 3.05) is 5.32 Å². The summed E-state index contributed by atoms with van der Waals surface area (Å²) in [6, 6.07) is 6.92. The smallest absolute Gasteiger partial charge is 0.307 e. The summed E-state index contributed by atoms with van der Waals surface area (Å²) in [5.74, 6) is -2.50. The van der Waals surface area contributed by atoms with Gasteiger partial charge in [0.1, 0.15) is 0 Å². The van der Waals surface area contributed by atoms with E-state index < -0.39 is 23.9 Å². The highest BCUT2D eigenvalue weighted by Gasteiger charge is 2.33. The number of carbonyl (C=O) groups is 2. The quantitative estimate of drug-likeness (QED) is 0.743. The molecule has 0 saturated heterocycles. The molecule has 1 amide bonds. The van der Waals surface area contributed by atoms with Gasteiger partial charge in [-0.05, 0) is 37.5 Å². The number of nitrogens with one attached hydrogen (secondary N) is 1. The van der Waals surface area contributed by atoms with Gasteiger partial charge in [-0.1, -0.05) is 24.3 Å². The van der Waals surface area contributed by atoms with E-state index in [0.29, 0.717) is 24.1 Å². The van der Waals surface area contributed by atoms with Gasteiger partial charge < -0.3 is 15.5 Å². The van der Waals surface area contributed by atoms with Gasteiger partial charge in [-0.25, -0.2) is 0 Å². The maximum atomic E-state index is 12.3. The van der Waals surface area contributed by atoms with Gasteiger partial charge in [0.2, 0.25) is 5.91 Å². The molecule has 1 aliphatic carbocycles. The number of allylic oxidation sites excluding steroid dienone is 2. The number of hydrogen-bond donors (Lipinski definition) is 3. The zero-order valence-corrected chi connectivity index (χ0v) is 11.8. The number of aliphatic carboxylic acids is 1. The Morgan fingerprint density at radius 2 is 1.90 bits per heavy atom. The van der Waals surface area contributed by atoms with Crippen LogP contribution in [-0.4, -0.2) is 22.1 Å². The molecule has 0 saturated carbocycles. The Kier molecular flexibility index (Phi) is 4.75. The van der Waals surface area contributed by atoms with Crippen molar-refractivity contribution in [3.8, 4) is 0 Å². The molecule has 1 aromatic carbocycles. The Morgan fingerprint density at radius 1 is 1.24 bits per heavy atom. The fourth-order valence-electron chi connectivity index (χ4n) is 2.49. The third-order valence-corrected chi connectivity index (χ3v) is 3.72. The third kappa shape index (κ3) is 3.70. The molecule has 21 heavy (non-hydrogen) atoms. The van der Waals surface area contributed by atoms with Crippen LogP contribution in [-0.2, 0) is 9.59 Å². The van der Waals surface area contributed by atoms with Crippen LogP contribution in [0.25, 0.3) is 0 Å². The number of anilines is 1. The highest BCUT2D eigenvalue weighted by molar-refractivity contribution is 5.95. The summed E-state index contributed by atoms with van der Waals surface area (Å²) in [6.07, 6.45) is 3.83. The number of carboxylic acids is 1. The summed E-state index contributed by atoms with van der Waals surface area (Å²) in [5.41, 5.74) is 1.27. The summed E-state index contributed by atoms with van der Waals surface area (Å²) in [4.78, 5) is 23.5. The minimum absolute atomic E-state index is 0.297. The second-order valence-electron chi connectivity index (χ2n) is 5.28. The molecule has 112 valence electrons. The van der Waals surface area contributed by atoms with E-state index in [2.05, 4.69) is 5.32 Å². The van der Waals surface area contributed by atoms with Crippen LogP contribution in [0, 0.1) is 11.8 Å². The summed E-state index contributed by atoms with van der Waals surface area (Å²) in [7, 11) is 0. The predicted octanol–water partition coefficient (Wildman–Crippen LogP) is 2.35. The van der Waals surface area contributed by atoms with Crippen molar-refractivity contribution < 1.29 is 19.8 Å². The van der Waals surface area contributed by atoms with Crippen molar-refractivity contribution in [2.24, 2.45) is 11.8 Å². The Balaban J connectivity index is 2.11. The summed E-state index contributed by atoms with van der Waals surface area (Å²) >= 11 is 0. The van der Waals surface area contributed by atoms with Gasteiger partial charge in [0, 0.05) is 5.69 Å². The Morgan fingerprint density at radius 3 is 2.52 bits per heavy atom. The van der Waals surface area contributed by atoms with Crippen molar-refractivity contribution in [3.05, 3.63) is 42.0 Å². The topological polar surface area (TPSA) is 86.6 Å². The molecule has 0 aromatic heterocycles. The van der Waals surface area contributed by atoms with E-state index in [9.17, 15) is 19.8 Å². The van der Waals surface area contributed by atoms with Crippen molar-refractivity contribution >= 4 is 17.6 Å². The van der Waals surface area contributed by atoms with Crippen LogP contribution in [0.1, 0.15) is 31.4 Å². The highest BCUT2D eigenvalue weighted by atomic mass is 16.4. The summed E-state index contributed by atoms with van der Waals surface area (Å²) in [5, 5.41) is 21.5. The van der Waals surface area contributed by atoms with Gasteiger partial charge >= 0.3 is 5.97 Å². The second-order valence-corrected chi connectivity index (χ2v) is 5.28. The average Bonchev–Trinajstić information content (AvgIpc) is 2.47. The number of benzene rings is 1. The predicted molar refractivity (Wildman–Crippen MR) is 78.7 cm³/mol. The first-order valence-electron chi connectivity index (χ1n) is 6.95. The Labute approximate surface area is 123 Å². The van der Waals surface area contributed by atoms with Crippen molar-refractivity contribution in [1.29, 1.82) is 0 Å². The first-order chi connectivity index (χ1) is 9.99. The molecule has 0 spiro atoms. The van der Waals surface area contributed by atoms with Crippen LogP contribution in [0.2, 0.25) is 0 Å². The maximum Gasteiger partial charge on any atom is 0.307 e. The number of amides is 1. The summed E-state index contributed by atoms with van der Waals surface area (Å²) < 4.78 is 0. The number of aliphatic hydroxyl groups is 1. The molecular weight excluding hydrogens is 270 g/mol. The molecule has 5 nitrogen and oxygen atoms in total. The third-order valence-electron chi connectivity index (χ3n) is 3.72. The van der Waals surface area contributed by atoms with Gasteiger partial charge in [0.25, 0.3) is 0 Å². The zero-order chi connectivity index (χ0) is 15.4. The minimum Gasteiger partial charge on any atom is -0.481 e. The van der Waals surface area contributed by atoms with Crippen LogP contribution >= 0.6 is 0 Å². The molecular formula is C16H19NO4. The van der Waals surface area contributed by atoms with E-state index in [0.717, 1.165) is 0 Å². The minimum atomic E-state index is -0.947. The monoisotopic (exact) mass is 289 g/mol. The van der Waals surface area contributed by atoms with E-state index in [1.54, 1.807) is 37.3 Å². The Hall–Kier alpha value is -2.14. The molecule has 0 radical (unpaired) electrons. The first kappa shape index (κ1) is 15.3. The molecule has 0 fully saturated rings. The lowest BCUT2D eigenvalue weighted by Crippen LogP contribution is -2.34. The maximum absolute atomic E-state index is 12.3. The van der Waals surface area contributed by atoms with Crippen LogP contribution in [0.3, 0.4) is 0 Å². The lowest BCUT2D eigenvalue weighted by atomic mass is 9.82. The van der Waals surface area contributed by atoms with E-state index in [-0.39, 0.29) is 5.91 Å². The number of rotatable bonds is 4. The lowest BCUT2D eigenvalue weighted by Gasteiger charge is -2.24. The SMILES string of the molecule is CC(O)c1cccc(NC(=O)C2CC=CCC2C(=O)O)c1. The number of carbonyl (C=O) groups excluding carboxylic acids is 1. The van der Waals surface area contributed by atoms with Crippen molar-refractivity contribution in [2.45, 2.75) is 25.9 Å². The lowest BCUT2D eigenvalue weighted by molar-refractivity contribution is -0.146. The van der Waals surface area contributed by atoms with E-state index in [1.807, 2.05) is 6.08 Å². The summed E-state index contributed by atoms with van der Waals surface area (Å²) in [6.45, 7) is 1.65. The molecule has 2 rings (SSSR count). The standard InChI is InChI=1S/C16H19NO4/c1-10(18)11-5-4-6-12(9-11)17-15(19)13-7-2-3-8-14(13)16(20)21/h2-6,9-10,13-14,18H,7-8H2,1H3,(H,17,19)(H,20,21). The molecule has 5 heteroatoms. The second kappa shape index (κ2) is 6.54. The van der Waals surface area contributed by atoms with Gasteiger partial charge in [0.05, 0.1) is 17.9 Å². The molecule has 1 aliphatic rings. The number of aliphatic hydroxyl groups excluding tert-OH is 1. The van der Waals surface area contributed by atoms with Gasteiger partial charge in [-0.15, -0.1) is 0 Å². The van der Waals surface area contributed by atoms with Crippen LogP contribution in [0.15, 0.2) is 36.4 Å². The fraction of sp³-hybridized carbons (Fsp3) is 0.375. The van der Waals surface area contributed by atoms with E-state index in [4.69, 9.17) is 0 Å². The molecule has 0 bridgehead atoms.